The van der Waals surface area contributed by atoms with Crippen molar-refractivity contribution < 1.29 is 14.3 Å². The quantitative estimate of drug-likeness (QED) is 0.164. The minimum Gasteiger partial charge on any atom is -0.489 e. The molecule has 6 nitrogen and oxygen atoms in total. The molecule has 2 aromatic carbocycles. The van der Waals surface area contributed by atoms with Crippen LogP contribution >= 0.6 is 10.0 Å². The van der Waals surface area contributed by atoms with Gasteiger partial charge in [-0.1, -0.05) is 38.1 Å². The summed E-state index contributed by atoms with van der Waals surface area (Å²) in [7, 11) is -0.583. The molecular formula is C30H37N3O3S. The van der Waals surface area contributed by atoms with E-state index in [0.717, 1.165) is 40.4 Å². The monoisotopic (exact) mass is 519 g/mol. The molecule has 0 amide bonds. The zero-order valence-corrected chi connectivity index (χ0v) is 23.3. The summed E-state index contributed by atoms with van der Waals surface area (Å²) in [5.74, 6) is 2.32. The van der Waals surface area contributed by atoms with Gasteiger partial charge < -0.3 is 14.0 Å². The van der Waals surface area contributed by atoms with Crippen LogP contribution in [0.3, 0.4) is 0 Å². The zero-order chi connectivity index (χ0) is 26.4. The highest BCUT2D eigenvalue weighted by Gasteiger charge is 2.14. The number of nitrogens with zero attached hydrogens (tertiary/aromatic N) is 3. The molecule has 2 heterocycles. The molecule has 0 bridgehead atoms. The number of fused-ring (bicyclic) bond motifs is 1. The minimum atomic E-state index is -0.583. The minimum absolute atomic E-state index is 0.00739. The summed E-state index contributed by atoms with van der Waals surface area (Å²) in [5, 5.41) is 0.879. The Morgan fingerprint density at radius 2 is 1.70 bits per heavy atom. The van der Waals surface area contributed by atoms with Crippen LogP contribution in [0.25, 0.3) is 11.0 Å². The Hall–Kier alpha value is -3.16. The van der Waals surface area contributed by atoms with Gasteiger partial charge in [-0.15, -0.1) is 0 Å². The number of ether oxygens (including phenoxy) is 2. The van der Waals surface area contributed by atoms with Crippen LogP contribution in [0, 0.1) is 0 Å². The summed E-state index contributed by atoms with van der Waals surface area (Å²) < 4.78 is 13.8. The lowest BCUT2D eigenvalue weighted by atomic mass is 10.0. The van der Waals surface area contributed by atoms with E-state index in [-0.39, 0.29) is 12.2 Å². The Kier molecular flexibility index (Phi) is 8.67. The lowest BCUT2D eigenvalue weighted by molar-refractivity contribution is 0.0923. The Morgan fingerprint density at radius 3 is 2.38 bits per heavy atom. The van der Waals surface area contributed by atoms with Gasteiger partial charge in [-0.25, -0.2) is 20.0 Å². The predicted molar refractivity (Wildman–Crippen MR) is 153 cm³/mol. The van der Waals surface area contributed by atoms with Crippen molar-refractivity contribution in [3.63, 3.8) is 0 Å². The Balaban J connectivity index is 1.34. The van der Waals surface area contributed by atoms with Crippen LogP contribution in [0.15, 0.2) is 67.1 Å². The molecule has 0 unspecified atom stereocenters. The SMILES string of the molecule is CC(C)c1ccc(COc2ccc(C(=O)Cc3ncnc4c3ccn4COCCS(C)(C)C)cc2)cc1. The van der Waals surface area contributed by atoms with Crippen LogP contribution in [0.5, 0.6) is 5.75 Å². The van der Waals surface area contributed by atoms with E-state index in [1.54, 1.807) is 0 Å². The molecule has 0 aliphatic heterocycles. The molecule has 37 heavy (non-hydrogen) atoms. The van der Waals surface area contributed by atoms with Gasteiger partial charge in [0, 0.05) is 22.9 Å². The highest BCUT2D eigenvalue weighted by Crippen LogP contribution is 2.33. The second-order valence-corrected chi connectivity index (χ2v) is 15.1. The number of carbonyl (C=O) groups is 1. The molecule has 7 heteroatoms. The first-order chi connectivity index (χ1) is 17.7. The molecule has 0 atom stereocenters. The van der Waals surface area contributed by atoms with Gasteiger partial charge >= 0.3 is 0 Å². The molecule has 0 aliphatic carbocycles. The van der Waals surface area contributed by atoms with Crippen LogP contribution in [-0.4, -0.2) is 51.4 Å². The van der Waals surface area contributed by atoms with Crippen molar-refractivity contribution in [2.45, 2.75) is 39.5 Å². The maximum absolute atomic E-state index is 13.0. The molecule has 196 valence electrons. The molecule has 0 radical (unpaired) electrons. The van der Waals surface area contributed by atoms with E-state index >= 15 is 0 Å². The molecule has 0 fully saturated rings. The van der Waals surface area contributed by atoms with Gasteiger partial charge in [-0.2, -0.15) is 0 Å². The standard InChI is InChI=1S/C30H37N3O3S/c1-22(2)24-8-6-23(7-9-24)19-36-26-12-10-25(11-13-26)29(34)18-28-27-14-15-33(30(27)32-20-31-28)21-35-16-17-37(3,4)5/h6-15,20,22H,16-19,21H2,1-5H3. The number of hydrogen-bond donors (Lipinski definition) is 0. The summed E-state index contributed by atoms with van der Waals surface area (Å²) in [5.41, 5.74) is 4.57. The molecule has 4 aromatic rings. The van der Waals surface area contributed by atoms with Gasteiger partial charge in [-0.05, 0) is 66.1 Å². The van der Waals surface area contributed by atoms with E-state index in [2.05, 4.69) is 66.8 Å². The third-order valence-electron chi connectivity index (χ3n) is 6.27. The largest absolute Gasteiger partial charge is 0.489 e. The first-order valence-electron chi connectivity index (χ1n) is 12.6. The number of Topliss-reactive ketones (excluding diaryl/α,β-unsaturated/α-hetero) is 1. The van der Waals surface area contributed by atoms with Gasteiger partial charge in [0.15, 0.2) is 5.78 Å². The molecule has 0 saturated heterocycles. The molecule has 2 aromatic heterocycles. The molecule has 0 saturated carbocycles. The first kappa shape index (κ1) is 26.9. The Labute approximate surface area is 221 Å². The highest BCUT2D eigenvalue weighted by atomic mass is 32.3. The smallest absolute Gasteiger partial charge is 0.168 e. The number of benzene rings is 2. The van der Waals surface area contributed by atoms with Crippen molar-refractivity contribution in [1.82, 2.24) is 14.5 Å². The number of ketones is 1. The highest BCUT2D eigenvalue weighted by molar-refractivity contribution is 8.32. The van der Waals surface area contributed by atoms with Crippen molar-refractivity contribution >= 4 is 26.8 Å². The van der Waals surface area contributed by atoms with E-state index in [0.29, 0.717) is 24.8 Å². The van der Waals surface area contributed by atoms with Gasteiger partial charge in [0.05, 0.1) is 18.7 Å². The van der Waals surface area contributed by atoms with Crippen LogP contribution < -0.4 is 4.74 Å². The second-order valence-electron chi connectivity index (χ2n) is 10.5. The lowest BCUT2D eigenvalue weighted by Crippen LogP contribution is -2.10. The number of hydrogen-bond acceptors (Lipinski definition) is 5. The second kappa shape index (κ2) is 11.9. The molecule has 4 rings (SSSR count). The van der Waals surface area contributed by atoms with Gasteiger partial charge in [-0.3, -0.25) is 4.79 Å². The molecule has 0 spiro atoms. The third kappa shape index (κ3) is 7.43. The van der Waals surface area contributed by atoms with Crippen molar-refractivity contribution in [3.8, 4) is 5.75 Å². The first-order valence-corrected chi connectivity index (χ1v) is 15.6. The van der Waals surface area contributed by atoms with E-state index < -0.39 is 10.0 Å². The Bertz CT molecular complexity index is 1320. The number of carbonyl (C=O) groups excluding carboxylic acids is 1. The maximum Gasteiger partial charge on any atom is 0.168 e. The topological polar surface area (TPSA) is 66.2 Å². The predicted octanol–water partition coefficient (Wildman–Crippen LogP) is 6.23. The average molecular weight is 520 g/mol. The van der Waals surface area contributed by atoms with Gasteiger partial charge in [0.1, 0.15) is 31.1 Å². The summed E-state index contributed by atoms with van der Waals surface area (Å²) in [4.78, 5) is 21.8. The number of rotatable bonds is 12. The number of aromatic nitrogens is 3. The average Bonchev–Trinajstić information content (AvgIpc) is 3.29. The van der Waals surface area contributed by atoms with Crippen molar-refractivity contribution in [2.24, 2.45) is 0 Å². The fourth-order valence-electron chi connectivity index (χ4n) is 3.93. The molecular weight excluding hydrogens is 482 g/mol. The van der Waals surface area contributed by atoms with E-state index in [4.69, 9.17) is 9.47 Å². The lowest BCUT2D eigenvalue weighted by Gasteiger charge is -2.24. The van der Waals surface area contributed by atoms with Crippen LogP contribution in [0.2, 0.25) is 0 Å². The Morgan fingerprint density at radius 1 is 0.973 bits per heavy atom. The summed E-state index contributed by atoms with van der Waals surface area (Å²) >= 11 is 0. The van der Waals surface area contributed by atoms with E-state index in [9.17, 15) is 4.79 Å². The van der Waals surface area contributed by atoms with Gasteiger partial charge in [0.25, 0.3) is 0 Å². The summed E-state index contributed by atoms with van der Waals surface area (Å²) in [6.45, 7) is 6.02. The van der Waals surface area contributed by atoms with E-state index in [1.807, 2.05) is 41.1 Å². The molecule has 0 aliphatic rings. The van der Waals surface area contributed by atoms with Crippen LogP contribution in [-0.2, 0) is 24.5 Å². The third-order valence-corrected chi connectivity index (χ3v) is 7.66. The summed E-state index contributed by atoms with van der Waals surface area (Å²) in [6.07, 6.45) is 10.5. The fourth-order valence-corrected chi connectivity index (χ4v) is 4.55. The maximum atomic E-state index is 13.0. The van der Waals surface area contributed by atoms with Crippen molar-refractivity contribution in [3.05, 3.63) is 89.5 Å². The van der Waals surface area contributed by atoms with E-state index in [1.165, 1.54) is 11.9 Å². The normalized spacial score (nSPS) is 12.3. The summed E-state index contributed by atoms with van der Waals surface area (Å²) in [6, 6.07) is 17.8. The van der Waals surface area contributed by atoms with Crippen molar-refractivity contribution in [2.75, 3.05) is 31.1 Å². The van der Waals surface area contributed by atoms with Crippen LogP contribution in [0.1, 0.15) is 46.9 Å². The molecule has 0 N–H and O–H groups in total. The fraction of sp³-hybridized carbons (Fsp3) is 0.367. The zero-order valence-electron chi connectivity index (χ0n) is 22.4. The van der Waals surface area contributed by atoms with Crippen molar-refractivity contribution in [1.29, 1.82) is 0 Å². The van der Waals surface area contributed by atoms with Gasteiger partial charge in [0.2, 0.25) is 0 Å². The van der Waals surface area contributed by atoms with Crippen LogP contribution in [0.4, 0.5) is 0 Å².